The monoisotopic (exact) mass is 302 g/mol. The van der Waals surface area contributed by atoms with Gasteiger partial charge in [0, 0.05) is 29.2 Å². The van der Waals surface area contributed by atoms with Crippen LogP contribution in [0.2, 0.25) is 0 Å². The van der Waals surface area contributed by atoms with E-state index in [1.807, 2.05) is 18.3 Å². The van der Waals surface area contributed by atoms with Crippen molar-refractivity contribution in [2.75, 3.05) is 0 Å². The molecule has 1 heterocycles. The number of aryl methyl sites for hydroxylation is 2. The summed E-state index contributed by atoms with van der Waals surface area (Å²) in [7, 11) is 0. The highest BCUT2D eigenvalue weighted by Crippen LogP contribution is 2.45. The lowest BCUT2D eigenvalue weighted by atomic mass is 9.97. The van der Waals surface area contributed by atoms with E-state index in [1.165, 1.54) is 16.0 Å². The van der Waals surface area contributed by atoms with Crippen LogP contribution in [0.15, 0.2) is 18.3 Å². The van der Waals surface area contributed by atoms with Crippen LogP contribution < -0.4 is 5.32 Å². The molecule has 0 spiro atoms. The molecule has 2 unspecified atom stereocenters. The van der Waals surface area contributed by atoms with Crippen LogP contribution in [0.4, 0.5) is 0 Å². The Balaban J connectivity index is 1.78. The summed E-state index contributed by atoms with van der Waals surface area (Å²) in [6.45, 7) is 7.30. The first-order valence-electron chi connectivity index (χ1n) is 7.59. The van der Waals surface area contributed by atoms with Gasteiger partial charge in [0.05, 0.1) is 0 Å². The third kappa shape index (κ3) is 2.70. The molecule has 2 aromatic rings. The lowest BCUT2D eigenvalue weighted by molar-refractivity contribution is 0.445. The summed E-state index contributed by atoms with van der Waals surface area (Å²) in [4.78, 5) is 5.78. The number of nitrogens with zero attached hydrogens (tertiary/aromatic N) is 1. The van der Waals surface area contributed by atoms with Gasteiger partial charge in [0.2, 0.25) is 0 Å². The van der Waals surface area contributed by atoms with Crippen LogP contribution in [0, 0.1) is 6.92 Å². The summed E-state index contributed by atoms with van der Waals surface area (Å²) in [5.74, 6) is 0.915. The van der Waals surface area contributed by atoms with Crippen molar-refractivity contribution in [2.24, 2.45) is 0 Å². The normalized spacial score (nSPS) is 20.7. The minimum absolute atomic E-state index is 0.226. The van der Waals surface area contributed by atoms with Crippen molar-refractivity contribution in [1.29, 1.82) is 0 Å². The summed E-state index contributed by atoms with van der Waals surface area (Å²) in [6, 6.07) is 4.06. The van der Waals surface area contributed by atoms with Crippen molar-refractivity contribution < 1.29 is 5.11 Å². The topological polar surface area (TPSA) is 45.2 Å². The Morgan fingerprint density at radius 2 is 2.19 bits per heavy atom. The zero-order valence-corrected chi connectivity index (χ0v) is 13.6. The SMILES string of the molecule is CCc1cnc(CNC2CC(C)c3c(C)ccc(O)c32)s1. The molecule has 1 aliphatic carbocycles. The number of fused-ring (bicyclic) bond motifs is 1. The molecule has 21 heavy (non-hydrogen) atoms. The maximum atomic E-state index is 10.2. The Labute approximate surface area is 130 Å². The fourth-order valence-corrected chi connectivity index (χ4v) is 4.15. The highest BCUT2D eigenvalue weighted by Gasteiger charge is 2.31. The lowest BCUT2D eigenvalue weighted by Crippen LogP contribution is -2.18. The zero-order valence-electron chi connectivity index (χ0n) is 12.8. The second-order valence-corrected chi connectivity index (χ2v) is 7.07. The fraction of sp³-hybridized carbons (Fsp3) is 0.471. The first-order valence-corrected chi connectivity index (χ1v) is 8.41. The van der Waals surface area contributed by atoms with Gasteiger partial charge < -0.3 is 10.4 Å². The zero-order chi connectivity index (χ0) is 15.0. The molecule has 1 aromatic heterocycles. The molecule has 3 nitrogen and oxygen atoms in total. The average molecular weight is 302 g/mol. The highest BCUT2D eigenvalue weighted by atomic mass is 32.1. The average Bonchev–Trinajstić information content (AvgIpc) is 3.05. The van der Waals surface area contributed by atoms with Crippen molar-refractivity contribution in [3.8, 4) is 5.75 Å². The minimum atomic E-state index is 0.226. The number of hydrogen-bond donors (Lipinski definition) is 2. The molecule has 1 aliphatic rings. The second-order valence-electron chi connectivity index (χ2n) is 5.87. The van der Waals surface area contributed by atoms with E-state index in [1.54, 1.807) is 11.3 Å². The Morgan fingerprint density at radius 3 is 2.90 bits per heavy atom. The number of thiazole rings is 1. The Bertz CT molecular complexity index is 650. The quantitative estimate of drug-likeness (QED) is 0.895. The fourth-order valence-electron chi connectivity index (χ4n) is 3.33. The number of aromatic hydroxyl groups is 1. The molecular weight excluding hydrogens is 280 g/mol. The number of phenols is 1. The Morgan fingerprint density at radius 1 is 1.38 bits per heavy atom. The van der Waals surface area contributed by atoms with Gasteiger partial charge in [-0.15, -0.1) is 11.3 Å². The van der Waals surface area contributed by atoms with E-state index in [9.17, 15) is 5.11 Å². The van der Waals surface area contributed by atoms with Crippen molar-refractivity contribution in [2.45, 2.75) is 52.1 Å². The maximum absolute atomic E-state index is 10.2. The molecule has 112 valence electrons. The molecule has 0 fully saturated rings. The first-order chi connectivity index (χ1) is 10.1. The van der Waals surface area contributed by atoms with Gasteiger partial charge in [0.25, 0.3) is 0 Å². The van der Waals surface area contributed by atoms with Crippen LogP contribution in [0.1, 0.15) is 58.8 Å². The first kappa shape index (κ1) is 14.5. The molecule has 2 N–H and O–H groups in total. The van der Waals surface area contributed by atoms with Crippen LogP contribution >= 0.6 is 11.3 Å². The van der Waals surface area contributed by atoms with Crippen LogP contribution in [-0.2, 0) is 13.0 Å². The van der Waals surface area contributed by atoms with Gasteiger partial charge in [0.15, 0.2) is 0 Å². The Hall–Kier alpha value is -1.39. The van der Waals surface area contributed by atoms with E-state index < -0.39 is 0 Å². The number of benzene rings is 1. The second kappa shape index (κ2) is 5.78. The van der Waals surface area contributed by atoms with Gasteiger partial charge in [0.1, 0.15) is 10.8 Å². The largest absolute Gasteiger partial charge is 0.508 e. The number of hydrogen-bond acceptors (Lipinski definition) is 4. The number of nitrogens with one attached hydrogen (secondary N) is 1. The predicted octanol–water partition coefficient (Wildman–Crippen LogP) is 4.06. The maximum Gasteiger partial charge on any atom is 0.120 e. The molecular formula is C17H22N2OS. The van der Waals surface area contributed by atoms with Crippen LogP contribution in [0.3, 0.4) is 0 Å². The molecule has 0 aliphatic heterocycles. The summed E-state index contributed by atoms with van der Waals surface area (Å²) < 4.78 is 0. The number of aromatic nitrogens is 1. The smallest absolute Gasteiger partial charge is 0.120 e. The predicted molar refractivity (Wildman–Crippen MR) is 86.9 cm³/mol. The molecule has 0 bridgehead atoms. The van der Waals surface area contributed by atoms with E-state index in [2.05, 4.69) is 31.1 Å². The molecule has 0 amide bonds. The van der Waals surface area contributed by atoms with Crippen LogP contribution in [0.5, 0.6) is 5.75 Å². The van der Waals surface area contributed by atoms with Gasteiger partial charge in [-0.25, -0.2) is 4.98 Å². The molecule has 3 rings (SSSR count). The summed E-state index contributed by atoms with van der Waals surface area (Å²) in [6.07, 6.45) is 4.05. The van der Waals surface area contributed by atoms with E-state index >= 15 is 0 Å². The van der Waals surface area contributed by atoms with Gasteiger partial charge in [-0.05, 0) is 42.9 Å². The van der Waals surface area contributed by atoms with Crippen molar-refractivity contribution >= 4 is 11.3 Å². The van der Waals surface area contributed by atoms with Crippen molar-refractivity contribution in [3.05, 3.63) is 44.9 Å². The molecule has 2 atom stereocenters. The third-order valence-corrected chi connectivity index (χ3v) is 5.50. The van der Waals surface area contributed by atoms with Gasteiger partial charge in [-0.1, -0.05) is 19.9 Å². The standard InChI is InChI=1S/C17H22N2OS/c1-4-12-8-19-15(21-12)9-18-13-7-11(3)16-10(2)5-6-14(20)17(13)16/h5-6,8,11,13,18,20H,4,7,9H2,1-3H3. The molecule has 4 heteroatoms. The molecule has 0 saturated heterocycles. The highest BCUT2D eigenvalue weighted by molar-refractivity contribution is 7.11. The molecule has 1 aromatic carbocycles. The lowest BCUT2D eigenvalue weighted by Gasteiger charge is -2.15. The van der Waals surface area contributed by atoms with E-state index in [0.717, 1.165) is 30.0 Å². The minimum Gasteiger partial charge on any atom is -0.508 e. The van der Waals surface area contributed by atoms with Gasteiger partial charge in [-0.3, -0.25) is 0 Å². The summed E-state index contributed by atoms with van der Waals surface area (Å²) in [5, 5.41) is 14.9. The van der Waals surface area contributed by atoms with Gasteiger partial charge >= 0.3 is 0 Å². The number of phenolic OH excluding ortho intramolecular Hbond substituents is 1. The third-order valence-electron chi connectivity index (χ3n) is 4.36. The van der Waals surface area contributed by atoms with Crippen LogP contribution in [-0.4, -0.2) is 10.1 Å². The molecule has 0 radical (unpaired) electrons. The van der Waals surface area contributed by atoms with E-state index in [-0.39, 0.29) is 6.04 Å². The van der Waals surface area contributed by atoms with E-state index in [0.29, 0.717) is 11.7 Å². The number of rotatable bonds is 4. The van der Waals surface area contributed by atoms with Crippen LogP contribution in [0.25, 0.3) is 0 Å². The van der Waals surface area contributed by atoms with Crippen molar-refractivity contribution in [1.82, 2.24) is 10.3 Å². The molecule has 0 saturated carbocycles. The van der Waals surface area contributed by atoms with E-state index in [4.69, 9.17) is 0 Å². The Kier molecular flexibility index (Phi) is 4.00. The van der Waals surface area contributed by atoms with Crippen molar-refractivity contribution in [3.63, 3.8) is 0 Å². The summed E-state index contributed by atoms with van der Waals surface area (Å²) >= 11 is 1.77. The summed E-state index contributed by atoms with van der Waals surface area (Å²) in [5.41, 5.74) is 3.69. The van der Waals surface area contributed by atoms with Gasteiger partial charge in [-0.2, -0.15) is 0 Å².